The van der Waals surface area contributed by atoms with Crippen LogP contribution in [0, 0.1) is 5.92 Å². The normalized spacial score (nSPS) is 22.5. The number of allylic oxidation sites excluding steroid dienone is 3. The fourth-order valence-electron chi connectivity index (χ4n) is 8.60. The minimum atomic E-state index is -0.693. The Morgan fingerprint density at radius 1 is 0.640 bits per heavy atom. The summed E-state index contributed by atoms with van der Waals surface area (Å²) in [6.45, 7) is 18.2. The van der Waals surface area contributed by atoms with Crippen molar-refractivity contribution >= 4 is 44.4 Å². The van der Waals surface area contributed by atoms with Gasteiger partial charge in [0.05, 0.1) is 8.99 Å². The van der Waals surface area contributed by atoms with Gasteiger partial charge in [0.2, 0.25) is 0 Å². The quantitative estimate of drug-likeness (QED) is 0.138. The maximum absolute atomic E-state index is 8.17. The summed E-state index contributed by atoms with van der Waals surface area (Å²) in [5, 5.41) is 0. The van der Waals surface area contributed by atoms with E-state index >= 15 is 0 Å². The zero-order valence-electron chi connectivity index (χ0n) is 31.2. The lowest BCUT2D eigenvalue weighted by Gasteiger charge is -2.35. The minimum Gasteiger partial charge on any atom is -0.114 e. The lowest BCUT2D eigenvalue weighted by atomic mass is 9.81. The van der Waals surface area contributed by atoms with Gasteiger partial charge in [0.1, 0.15) is 9.52 Å². The fourth-order valence-corrected chi connectivity index (χ4v) is 11.9. The summed E-state index contributed by atoms with van der Waals surface area (Å²) in [5.41, 5.74) is 16.9. The van der Waals surface area contributed by atoms with E-state index in [1.807, 2.05) is 0 Å². The molecule has 50 heavy (non-hydrogen) atoms. The first-order valence-electron chi connectivity index (χ1n) is 18.7. The van der Waals surface area contributed by atoms with E-state index in [1.54, 1.807) is 0 Å². The Morgan fingerprint density at radius 3 is 1.72 bits per heavy atom. The van der Waals surface area contributed by atoms with E-state index < -0.39 is 8.99 Å². The van der Waals surface area contributed by atoms with Crippen molar-refractivity contribution in [3.05, 3.63) is 129 Å². The third-order valence-electron chi connectivity index (χ3n) is 11.8. The Labute approximate surface area is 314 Å². The molecule has 0 nitrogen and oxygen atoms in total. The van der Waals surface area contributed by atoms with Gasteiger partial charge in [-0.2, -0.15) is 0 Å². The van der Waals surface area contributed by atoms with Crippen LogP contribution >= 0.6 is 23.2 Å². The SMILES string of the molecule is CC1=Cc2c(-c3ccc(C(C)(C)C)cc3)cccc2C1(Cl)[Si]C1(Cl)C(C)=C(CC2CCCCC2)c2c(-c3ccc(C(C)(C)C)cc3)cccc21. The first-order chi connectivity index (χ1) is 23.6. The van der Waals surface area contributed by atoms with Crippen LogP contribution in [0.2, 0.25) is 0 Å². The Bertz CT molecular complexity index is 1980. The molecule has 0 spiro atoms. The second-order valence-corrected chi connectivity index (χ2v) is 20.7. The van der Waals surface area contributed by atoms with Crippen molar-refractivity contribution in [1.29, 1.82) is 0 Å². The number of rotatable bonds is 6. The van der Waals surface area contributed by atoms with Gasteiger partial charge < -0.3 is 0 Å². The third-order valence-corrected chi connectivity index (χ3v) is 15.3. The number of benzene rings is 4. The van der Waals surface area contributed by atoms with Gasteiger partial charge in [-0.3, -0.25) is 0 Å². The third kappa shape index (κ3) is 6.20. The second kappa shape index (κ2) is 13.0. The highest BCUT2D eigenvalue weighted by Crippen LogP contribution is 2.58. The molecule has 4 aromatic carbocycles. The van der Waals surface area contributed by atoms with Crippen molar-refractivity contribution in [2.75, 3.05) is 0 Å². The van der Waals surface area contributed by atoms with Gasteiger partial charge in [-0.1, -0.05) is 170 Å². The highest BCUT2D eigenvalue weighted by molar-refractivity contribution is 6.70. The summed E-state index contributed by atoms with van der Waals surface area (Å²) in [5.74, 6) is 0.700. The number of halogens is 2. The molecule has 3 aliphatic rings. The van der Waals surface area contributed by atoms with E-state index in [0.29, 0.717) is 5.92 Å². The Morgan fingerprint density at radius 2 is 1.16 bits per heavy atom. The Kier molecular flexibility index (Phi) is 9.23. The van der Waals surface area contributed by atoms with Crippen LogP contribution in [0.5, 0.6) is 0 Å². The first-order valence-corrected chi connectivity index (χ1v) is 20.4. The average Bonchev–Trinajstić information content (AvgIpc) is 3.46. The van der Waals surface area contributed by atoms with E-state index in [0.717, 1.165) is 6.42 Å². The molecule has 3 aliphatic carbocycles. The lowest BCUT2D eigenvalue weighted by Crippen LogP contribution is -2.40. The number of alkyl halides is 2. The standard InChI is InChI=1S/C47H52Cl2Si/c1-30-28-40-37(33-20-24-35(25-21-33)44(3,4)5)16-12-18-41(40)46(30,48)50-47(49)31(2)39(29-32-14-10-9-11-15-32)43-38(17-13-19-42(43)47)34-22-26-36(27-23-34)45(6,7)8/h12-13,16-28,32H,9-11,14-15,29H2,1-8H3. The van der Waals surface area contributed by atoms with E-state index in [4.69, 9.17) is 23.2 Å². The molecule has 1 saturated carbocycles. The van der Waals surface area contributed by atoms with E-state index in [2.05, 4.69) is 146 Å². The summed E-state index contributed by atoms with van der Waals surface area (Å²) in [6.07, 6.45) is 10.1. The minimum absolute atomic E-state index is 0.111. The van der Waals surface area contributed by atoms with E-state index in [1.165, 1.54) is 104 Å². The van der Waals surface area contributed by atoms with Crippen LogP contribution < -0.4 is 0 Å². The molecule has 7 rings (SSSR count). The van der Waals surface area contributed by atoms with Gasteiger partial charge in [0, 0.05) is 0 Å². The van der Waals surface area contributed by atoms with Crippen molar-refractivity contribution in [3.8, 4) is 22.3 Å². The Hall–Kier alpha value is -2.84. The first kappa shape index (κ1) is 35.6. The number of fused-ring (bicyclic) bond motifs is 2. The molecule has 2 atom stereocenters. The van der Waals surface area contributed by atoms with Crippen LogP contribution in [-0.4, -0.2) is 9.52 Å². The molecular weight excluding hydrogens is 664 g/mol. The predicted octanol–water partition coefficient (Wildman–Crippen LogP) is 14.0. The summed E-state index contributed by atoms with van der Waals surface area (Å²) in [6, 6.07) is 31.8. The van der Waals surface area contributed by atoms with Gasteiger partial charge in [-0.05, 0) is 104 Å². The van der Waals surface area contributed by atoms with Crippen LogP contribution in [0.4, 0.5) is 0 Å². The molecular formula is C47H52Cl2Si. The summed E-state index contributed by atoms with van der Waals surface area (Å²) in [4.78, 5) is 0. The summed E-state index contributed by atoms with van der Waals surface area (Å²) < 4.78 is -1.38. The molecule has 0 aromatic heterocycles. The van der Waals surface area contributed by atoms with Crippen LogP contribution in [0.3, 0.4) is 0 Å². The zero-order chi connectivity index (χ0) is 35.6. The molecule has 2 radical (unpaired) electrons. The molecule has 1 fully saturated rings. The summed E-state index contributed by atoms with van der Waals surface area (Å²) in [7, 11) is 0.232. The fraction of sp³-hybridized carbons (Fsp3) is 0.404. The summed E-state index contributed by atoms with van der Waals surface area (Å²) >= 11 is 16.2. The Balaban J connectivity index is 1.32. The van der Waals surface area contributed by atoms with Crippen molar-refractivity contribution < 1.29 is 0 Å². The molecule has 0 aliphatic heterocycles. The van der Waals surface area contributed by atoms with Crippen LogP contribution in [0.1, 0.15) is 127 Å². The van der Waals surface area contributed by atoms with E-state index in [9.17, 15) is 0 Å². The van der Waals surface area contributed by atoms with Crippen LogP contribution in [0.25, 0.3) is 33.9 Å². The maximum atomic E-state index is 8.17. The van der Waals surface area contributed by atoms with Gasteiger partial charge >= 0.3 is 0 Å². The molecule has 0 heterocycles. The number of hydrogen-bond donors (Lipinski definition) is 0. The molecule has 2 unspecified atom stereocenters. The molecule has 258 valence electrons. The van der Waals surface area contributed by atoms with Crippen molar-refractivity contribution in [2.24, 2.45) is 5.92 Å². The molecule has 0 amide bonds. The van der Waals surface area contributed by atoms with Crippen molar-refractivity contribution in [3.63, 3.8) is 0 Å². The van der Waals surface area contributed by atoms with Gasteiger partial charge in [0.15, 0.2) is 0 Å². The predicted molar refractivity (Wildman–Crippen MR) is 219 cm³/mol. The molecule has 0 saturated heterocycles. The topological polar surface area (TPSA) is 0 Å². The molecule has 3 heteroatoms. The smallest absolute Gasteiger partial charge is 0.114 e. The molecule has 4 aromatic rings. The van der Waals surface area contributed by atoms with Crippen LogP contribution in [-0.2, 0) is 19.8 Å². The monoisotopic (exact) mass is 714 g/mol. The number of hydrogen-bond acceptors (Lipinski definition) is 0. The molecule has 0 bridgehead atoms. The van der Waals surface area contributed by atoms with Gasteiger partial charge in [-0.25, -0.2) is 0 Å². The average molecular weight is 716 g/mol. The van der Waals surface area contributed by atoms with Crippen LogP contribution in [0.15, 0.2) is 96.1 Å². The van der Waals surface area contributed by atoms with Crippen molar-refractivity contribution in [1.82, 2.24) is 0 Å². The second-order valence-electron chi connectivity index (χ2n) is 17.2. The zero-order valence-corrected chi connectivity index (χ0v) is 33.7. The highest BCUT2D eigenvalue weighted by atomic mass is 35.5. The van der Waals surface area contributed by atoms with E-state index in [-0.39, 0.29) is 20.3 Å². The molecule has 0 N–H and O–H groups in total. The van der Waals surface area contributed by atoms with Gasteiger partial charge in [0.25, 0.3) is 0 Å². The lowest BCUT2D eigenvalue weighted by molar-refractivity contribution is 0.364. The highest BCUT2D eigenvalue weighted by Gasteiger charge is 2.52. The largest absolute Gasteiger partial charge is 0.118 e. The van der Waals surface area contributed by atoms with Crippen molar-refractivity contribution in [2.45, 2.75) is 114 Å². The van der Waals surface area contributed by atoms with Gasteiger partial charge in [-0.15, -0.1) is 23.2 Å². The maximum Gasteiger partial charge on any atom is 0.118 e.